The Morgan fingerprint density at radius 3 is 2.89 bits per heavy atom. The summed E-state index contributed by atoms with van der Waals surface area (Å²) in [5.41, 5.74) is 1.23. The van der Waals surface area contributed by atoms with Gasteiger partial charge < -0.3 is 10.4 Å². The van der Waals surface area contributed by atoms with Gasteiger partial charge in [0, 0.05) is 24.0 Å². The number of carbonyl (C=O) groups is 1. The number of anilines is 1. The van der Waals surface area contributed by atoms with Crippen LogP contribution in [0.3, 0.4) is 0 Å². The third-order valence-corrected chi connectivity index (χ3v) is 3.56. The van der Waals surface area contributed by atoms with E-state index >= 15 is 0 Å². The number of carboxylic acids is 1. The van der Waals surface area contributed by atoms with Crippen molar-refractivity contribution in [3.05, 3.63) is 45.7 Å². The van der Waals surface area contributed by atoms with E-state index in [1.54, 1.807) is 11.3 Å². The molecule has 0 saturated carbocycles. The lowest BCUT2D eigenvalue weighted by Gasteiger charge is -2.07. The van der Waals surface area contributed by atoms with Crippen LogP contribution < -0.4 is 5.32 Å². The maximum Gasteiger partial charge on any atom is 0.335 e. The highest BCUT2D eigenvalue weighted by molar-refractivity contribution is 7.09. The van der Waals surface area contributed by atoms with Gasteiger partial charge in [-0.1, -0.05) is 0 Å². The summed E-state index contributed by atoms with van der Waals surface area (Å²) >= 11 is 1.57. The summed E-state index contributed by atoms with van der Waals surface area (Å²) in [7, 11) is 0. The maximum absolute atomic E-state index is 13.6. The molecule has 0 spiro atoms. The second-order valence-corrected chi connectivity index (χ2v) is 5.00. The van der Waals surface area contributed by atoms with Gasteiger partial charge >= 0.3 is 5.97 Å². The molecule has 2 aromatic rings. The van der Waals surface area contributed by atoms with Crippen molar-refractivity contribution in [1.82, 2.24) is 4.98 Å². The Bertz CT molecular complexity index is 598. The van der Waals surface area contributed by atoms with E-state index in [1.807, 2.05) is 12.3 Å². The normalized spacial score (nSPS) is 10.4. The molecule has 0 radical (unpaired) electrons. The number of hydrogen-bond donors (Lipinski definition) is 2. The molecule has 0 amide bonds. The van der Waals surface area contributed by atoms with Gasteiger partial charge in [-0.3, -0.25) is 0 Å². The van der Waals surface area contributed by atoms with Crippen LogP contribution in [0.15, 0.2) is 23.6 Å². The van der Waals surface area contributed by atoms with E-state index in [2.05, 4.69) is 10.3 Å². The molecule has 0 aliphatic carbocycles. The number of aromatic carboxylic acids is 1. The first kappa shape index (κ1) is 13.5. The summed E-state index contributed by atoms with van der Waals surface area (Å²) < 4.78 is 13.6. The molecular weight excluding hydrogens is 267 g/mol. The third-order valence-electron chi connectivity index (χ3n) is 2.54. The Morgan fingerprint density at radius 2 is 2.32 bits per heavy atom. The van der Waals surface area contributed by atoms with E-state index in [4.69, 9.17) is 5.11 Å². The van der Waals surface area contributed by atoms with Crippen LogP contribution in [-0.4, -0.2) is 22.6 Å². The molecule has 2 N–H and O–H groups in total. The van der Waals surface area contributed by atoms with Crippen molar-refractivity contribution in [2.24, 2.45) is 0 Å². The van der Waals surface area contributed by atoms with Crippen LogP contribution in [-0.2, 0) is 6.42 Å². The molecule has 0 bridgehead atoms. The second-order valence-electron chi connectivity index (χ2n) is 4.06. The van der Waals surface area contributed by atoms with Crippen molar-refractivity contribution in [3.63, 3.8) is 0 Å². The molecule has 0 saturated heterocycles. The zero-order chi connectivity index (χ0) is 13.8. The van der Waals surface area contributed by atoms with Crippen molar-refractivity contribution in [3.8, 4) is 0 Å². The van der Waals surface area contributed by atoms with E-state index in [0.717, 1.165) is 16.8 Å². The lowest BCUT2D eigenvalue weighted by molar-refractivity contribution is 0.0696. The summed E-state index contributed by atoms with van der Waals surface area (Å²) in [6, 6.07) is 3.82. The molecule has 0 aliphatic rings. The number of thiazole rings is 1. The minimum Gasteiger partial charge on any atom is -0.478 e. The molecule has 6 heteroatoms. The Morgan fingerprint density at radius 1 is 1.53 bits per heavy atom. The minimum absolute atomic E-state index is 0.0569. The molecule has 2 rings (SSSR count). The van der Waals surface area contributed by atoms with Crippen molar-refractivity contribution in [2.45, 2.75) is 13.3 Å². The zero-order valence-corrected chi connectivity index (χ0v) is 11.1. The Hall–Kier alpha value is -1.95. The number of nitrogens with zero attached hydrogens (tertiary/aromatic N) is 1. The van der Waals surface area contributed by atoms with Crippen LogP contribution in [0.2, 0.25) is 0 Å². The van der Waals surface area contributed by atoms with E-state index < -0.39 is 11.8 Å². The largest absolute Gasteiger partial charge is 0.478 e. The fourth-order valence-electron chi connectivity index (χ4n) is 1.61. The monoisotopic (exact) mass is 280 g/mol. The highest BCUT2D eigenvalue weighted by Gasteiger charge is 2.08. The SMILES string of the molecule is Cc1csc(CCNc2ccc(C(=O)O)cc2F)n1. The van der Waals surface area contributed by atoms with Crippen molar-refractivity contribution >= 4 is 23.0 Å². The molecule has 1 heterocycles. The number of hydrogen-bond acceptors (Lipinski definition) is 4. The first-order valence-electron chi connectivity index (χ1n) is 5.74. The standard InChI is InChI=1S/C13H13FN2O2S/c1-8-7-19-12(16-8)4-5-15-11-3-2-9(13(17)18)6-10(11)14/h2-3,6-7,15H,4-5H2,1H3,(H,17,18). The van der Waals surface area contributed by atoms with Crippen molar-refractivity contribution < 1.29 is 14.3 Å². The number of nitrogens with one attached hydrogen (secondary N) is 1. The molecule has 100 valence electrons. The average Bonchev–Trinajstić information content (AvgIpc) is 2.77. The van der Waals surface area contributed by atoms with Crippen LogP contribution in [0, 0.1) is 12.7 Å². The summed E-state index contributed by atoms with van der Waals surface area (Å²) in [4.78, 5) is 15.0. The fourth-order valence-corrected chi connectivity index (χ4v) is 2.39. The minimum atomic E-state index is -1.14. The Kier molecular flexibility index (Phi) is 4.11. The van der Waals surface area contributed by atoms with Crippen LogP contribution in [0.1, 0.15) is 21.1 Å². The third kappa shape index (κ3) is 3.51. The van der Waals surface area contributed by atoms with Crippen molar-refractivity contribution in [1.29, 1.82) is 0 Å². The van der Waals surface area contributed by atoms with Crippen LogP contribution >= 0.6 is 11.3 Å². The number of halogens is 1. The van der Waals surface area contributed by atoms with Gasteiger partial charge in [0.15, 0.2) is 0 Å². The zero-order valence-electron chi connectivity index (χ0n) is 10.3. The first-order chi connectivity index (χ1) is 9.06. The molecule has 1 aromatic carbocycles. The van der Waals surface area contributed by atoms with Gasteiger partial charge in [-0.2, -0.15) is 0 Å². The first-order valence-corrected chi connectivity index (χ1v) is 6.62. The number of aromatic nitrogens is 1. The van der Waals surface area contributed by atoms with E-state index in [-0.39, 0.29) is 5.56 Å². The van der Waals surface area contributed by atoms with E-state index in [9.17, 15) is 9.18 Å². The molecule has 0 aliphatic heterocycles. The smallest absolute Gasteiger partial charge is 0.335 e. The number of benzene rings is 1. The van der Waals surface area contributed by atoms with Gasteiger partial charge in [-0.05, 0) is 25.1 Å². The van der Waals surface area contributed by atoms with E-state index in [1.165, 1.54) is 12.1 Å². The van der Waals surface area contributed by atoms with Gasteiger partial charge in [0.25, 0.3) is 0 Å². The topological polar surface area (TPSA) is 62.2 Å². The number of rotatable bonds is 5. The predicted molar refractivity (Wildman–Crippen MR) is 72.4 cm³/mol. The van der Waals surface area contributed by atoms with Gasteiger partial charge in [-0.15, -0.1) is 11.3 Å². The number of aryl methyl sites for hydroxylation is 1. The molecule has 0 unspecified atom stereocenters. The maximum atomic E-state index is 13.6. The van der Waals surface area contributed by atoms with Gasteiger partial charge in [0.2, 0.25) is 0 Å². The quantitative estimate of drug-likeness (QED) is 0.884. The highest BCUT2D eigenvalue weighted by atomic mass is 32.1. The van der Waals surface area contributed by atoms with E-state index in [0.29, 0.717) is 18.7 Å². The van der Waals surface area contributed by atoms with Gasteiger partial charge in [0.1, 0.15) is 5.82 Å². The highest BCUT2D eigenvalue weighted by Crippen LogP contribution is 2.16. The Balaban J connectivity index is 1.94. The molecule has 0 fully saturated rings. The molecular formula is C13H13FN2O2S. The molecule has 4 nitrogen and oxygen atoms in total. The summed E-state index contributed by atoms with van der Waals surface area (Å²) in [5, 5.41) is 14.6. The molecule has 19 heavy (non-hydrogen) atoms. The van der Waals surface area contributed by atoms with Crippen LogP contribution in [0.4, 0.5) is 10.1 Å². The van der Waals surface area contributed by atoms with Crippen LogP contribution in [0.25, 0.3) is 0 Å². The Labute approximate surface area is 113 Å². The van der Waals surface area contributed by atoms with Crippen LogP contribution in [0.5, 0.6) is 0 Å². The summed E-state index contributed by atoms with van der Waals surface area (Å²) in [6.07, 6.45) is 0.707. The van der Waals surface area contributed by atoms with Crippen molar-refractivity contribution in [2.75, 3.05) is 11.9 Å². The second kappa shape index (κ2) is 5.79. The average molecular weight is 280 g/mol. The van der Waals surface area contributed by atoms with Gasteiger partial charge in [-0.25, -0.2) is 14.2 Å². The summed E-state index contributed by atoms with van der Waals surface area (Å²) in [5.74, 6) is -1.70. The fraction of sp³-hybridized carbons (Fsp3) is 0.231. The summed E-state index contributed by atoms with van der Waals surface area (Å²) in [6.45, 7) is 2.48. The predicted octanol–water partition coefficient (Wildman–Crippen LogP) is 2.94. The van der Waals surface area contributed by atoms with Gasteiger partial charge in [0.05, 0.1) is 16.3 Å². The molecule has 0 atom stereocenters. The lowest BCUT2D eigenvalue weighted by atomic mass is 10.2. The lowest BCUT2D eigenvalue weighted by Crippen LogP contribution is -2.07. The molecule has 1 aromatic heterocycles. The number of carboxylic acid groups (broad SMARTS) is 1.